The number of hydrogen-bond acceptors (Lipinski definition) is 0. The molecule has 0 aliphatic rings. The second-order valence-corrected chi connectivity index (χ2v) is 0. The van der Waals surface area contributed by atoms with Crippen LogP contribution in [0.15, 0.2) is 0 Å². The van der Waals surface area contributed by atoms with E-state index in [0.29, 0.717) is 0 Å². The molecule has 0 aliphatic carbocycles. The Bertz CT molecular complexity index is 6.00. The zero-order valence-corrected chi connectivity index (χ0v) is 3.81. The SMILES string of the molecule is [Cr+3].[Cr].[LiH].[N-3]. The van der Waals surface area contributed by atoms with Gasteiger partial charge in [-0.3, -0.25) is 0 Å². The van der Waals surface area contributed by atoms with Gasteiger partial charge in [-0.15, -0.1) is 0 Å². The third kappa shape index (κ3) is 9.46. The smallest absolute Gasteiger partial charge is 3.00 e. The molecule has 0 aliphatic heterocycles. The van der Waals surface area contributed by atoms with Crippen molar-refractivity contribution in [2.45, 2.75) is 0 Å². The average Bonchev–Trinajstić information content (AvgIpc) is 0. The van der Waals surface area contributed by atoms with Crippen LogP contribution in [0.4, 0.5) is 0 Å². The molecule has 0 aromatic heterocycles. The molecule has 0 saturated carbocycles. The first-order valence-corrected chi connectivity index (χ1v) is 0. The second-order valence-electron chi connectivity index (χ2n) is 0. The predicted molar refractivity (Wildman–Crippen MR) is 10.5 cm³/mol. The molecule has 1 nitrogen and oxygen atoms in total. The molecule has 0 spiro atoms. The Balaban J connectivity index is 0. The van der Waals surface area contributed by atoms with E-state index in [1.807, 2.05) is 0 Å². The fourth-order valence-electron chi connectivity index (χ4n) is 0. The predicted octanol–water partition coefficient (Wildman–Crippen LogP) is -0.365. The first-order chi connectivity index (χ1) is 0. The van der Waals surface area contributed by atoms with Gasteiger partial charge in [0.15, 0.2) is 0 Å². The van der Waals surface area contributed by atoms with E-state index in [2.05, 4.69) is 0 Å². The first kappa shape index (κ1) is 45.6. The van der Waals surface area contributed by atoms with E-state index in [1.165, 1.54) is 0 Å². The van der Waals surface area contributed by atoms with Crippen LogP contribution in [0.3, 0.4) is 0 Å². The molecular weight excluding hydrogens is 125 g/mol. The zero-order valence-electron chi connectivity index (χ0n) is 1.26. The van der Waals surface area contributed by atoms with Crippen LogP contribution in [0, 0.1) is 0 Å². The molecule has 0 N–H and O–H groups in total. The average molecular weight is 126 g/mol. The third-order valence-corrected chi connectivity index (χ3v) is 0. The van der Waals surface area contributed by atoms with Crippen LogP contribution in [0.2, 0.25) is 0 Å². The van der Waals surface area contributed by atoms with Crippen LogP contribution in [-0.4, -0.2) is 18.9 Å². The van der Waals surface area contributed by atoms with Crippen LogP contribution in [-0.2, 0) is 34.7 Å². The Morgan fingerprint density at radius 1 is 1.00 bits per heavy atom. The Hall–Kier alpha value is 1.62. The molecule has 0 aromatic carbocycles. The minimum Gasteiger partial charge on any atom is -3.00 e. The molecular formula is HCr2LiN. The second kappa shape index (κ2) is 23.0. The van der Waals surface area contributed by atoms with Gasteiger partial charge in [-0.1, -0.05) is 0 Å². The standard InChI is InChI=1S/2Cr.Li.N.H/q;+3;;-3;. The molecule has 1 radical (unpaired) electrons. The van der Waals surface area contributed by atoms with Crippen molar-refractivity contribution in [1.82, 2.24) is 0 Å². The Labute approximate surface area is 59.5 Å². The van der Waals surface area contributed by atoms with Crippen LogP contribution in [0.25, 0.3) is 6.15 Å². The van der Waals surface area contributed by atoms with Crippen molar-refractivity contribution in [3.05, 3.63) is 6.15 Å². The summed E-state index contributed by atoms with van der Waals surface area (Å²) in [6.07, 6.45) is 0. The van der Waals surface area contributed by atoms with Gasteiger partial charge in [0, 0.05) is 17.4 Å². The number of hydrogen-bond donors (Lipinski definition) is 0. The molecule has 4 heteroatoms. The summed E-state index contributed by atoms with van der Waals surface area (Å²) in [5.41, 5.74) is 0. The monoisotopic (exact) mass is 126 g/mol. The molecule has 0 fully saturated rings. The van der Waals surface area contributed by atoms with E-state index in [-0.39, 0.29) is 59.7 Å². The van der Waals surface area contributed by atoms with E-state index in [1.54, 1.807) is 0 Å². The largest absolute Gasteiger partial charge is 3.00 e. The molecule has 0 amide bonds. The van der Waals surface area contributed by atoms with Crippen molar-refractivity contribution in [1.29, 1.82) is 0 Å². The molecule has 0 unspecified atom stereocenters. The molecule has 4 heavy (non-hydrogen) atoms. The van der Waals surface area contributed by atoms with Crippen molar-refractivity contribution in [3.63, 3.8) is 0 Å². The molecule has 0 rings (SSSR count). The minimum atomic E-state index is 0. The van der Waals surface area contributed by atoms with E-state index < -0.39 is 0 Å². The summed E-state index contributed by atoms with van der Waals surface area (Å²) in [4.78, 5) is 0. The van der Waals surface area contributed by atoms with Crippen LogP contribution in [0.5, 0.6) is 0 Å². The summed E-state index contributed by atoms with van der Waals surface area (Å²) in [6.45, 7) is 0. The summed E-state index contributed by atoms with van der Waals surface area (Å²) in [5.74, 6) is 0. The van der Waals surface area contributed by atoms with Gasteiger partial charge in [-0.05, 0) is 0 Å². The summed E-state index contributed by atoms with van der Waals surface area (Å²) in [5, 5.41) is 0. The van der Waals surface area contributed by atoms with E-state index in [0.717, 1.165) is 0 Å². The van der Waals surface area contributed by atoms with Gasteiger partial charge in [0.25, 0.3) is 0 Å². The van der Waals surface area contributed by atoms with Gasteiger partial charge in [-0.2, -0.15) is 0 Å². The normalized spacial score (nSPS) is 0. The van der Waals surface area contributed by atoms with Crippen molar-refractivity contribution in [3.8, 4) is 0 Å². The number of nitrogens with zero attached hydrogens (tertiary/aromatic N) is 1. The van der Waals surface area contributed by atoms with Crippen LogP contribution in [0.1, 0.15) is 0 Å². The summed E-state index contributed by atoms with van der Waals surface area (Å²) < 4.78 is 0. The van der Waals surface area contributed by atoms with Gasteiger partial charge >= 0.3 is 36.2 Å². The Kier molecular flexibility index (Phi) is 263. The van der Waals surface area contributed by atoms with Gasteiger partial charge in [-0.25, -0.2) is 0 Å². The van der Waals surface area contributed by atoms with Gasteiger partial charge in [0.05, 0.1) is 0 Å². The van der Waals surface area contributed by atoms with Crippen molar-refractivity contribution < 1.29 is 34.7 Å². The molecule has 0 heterocycles. The van der Waals surface area contributed by atoms with Crippen molar-refractivity contribution in [2.75, 3.05) is 0 Å². The molecule has 0 saturated heterocycles. The van der Waals surface area contributed by atoms with Gasteiger partial charge in [0.2, 0.25) is 0 Å². The fraction of sp³-hybridized carbons (Fsp3) is 0. The summed E-state index contributed by atoms with van der Waals surface area (Å²) >= 11 is 0. The molecule has 0 bridgehead atoms. The maximum Gasteiger partial charge on any atom is -3.00 e. The summed E-state index contributed by atoms with van der Waals surface area (Å²) in [7, 11) is 0. The van der Waals surface area contributed by atoms with Gasteiger partial charge in [0.1, 0.15) is 0 Å². The summed E-state index contributed by atoms with van der Waals surface area (Å²) in [6, 6.07) is 0. The Morgan fingerprint density at radius 3 is 1.00 bits per heavy atom. The van der Waals surface area contributed by atoms with E-state index in [4.69, 9.17) is 0 Å². The van der Waals surface area contributed by atoms with Crippen LogP contribution < -0.4 is 0 Å². The topological polar surface area (TPSA) is 30.5 Å². The zero-order chi connectivity index (χ0) is 0. The van der Waals surface area contributed by atoms with Crippen molar-refractivity contribution >= 4 is 18.9 Å². The Morgan fingerprint density at radius 2 is 1.00 bits per heavy atom. The van der Waals surface area contributed by atoms with E-state index >= 15 is 0 Å². The van der Waals surface area contributed by atoms with Crippen molar-refractivity contribution in [2.24, 2.45) is 0 Å². The molecule has 0 aromatic rings. The maximum atomic E-state index is 0. The number of rotatable bonds is 0. The maximum absolute atomic E-state index is 0. The van der Waals surface area contributed by atoms with Crippen LogP contribution >= 0.6 is 0 Å². The van der Waals surface area contributed by atoms with E-state index in [9.17, 15) is 0 Å². The molecule has 0 atom stereocenters. The first-order valence-electron chi connectivity index (χ1n) is 0. The quantitative estimate of drug-likeness (QED) is 0.396. The third-order valence-electron chi connectivity index (χ3n) is 0. The fourth-order valence-corrected chi connectivity index (χ4v) is 0. The van der Waals surface area contributed by atoms with Gasteiger partial charge < -0.3 is 6.15 Å². The molecule has 19 valence electrons. The minimum absolute atomic E-state index is 0.